The zero-order valence-electron chi connectivity index (χ0n) is 10.5. The third-order valence-electron chi connectivity index (χ3n) is 2.87. The molecule has 0 aliphatic rings. The highest BCUT2D eigenvalue weighted by molar-refractivity contribution is 6.18. The predicted molar refractivity (Wildman–Crippen MR) is 67.8 cm³/mol. The van der Waals surface area contributed by atoms with E-state index in [1.807, 2.05) is 0 Å². The van der Waals surface area contributed by atoms with Crippen LogP contribution in [0, 0.1) is 0 Å². The van der Waals surface area contributed by atoms with Crippen LogP contribution in [0.2, 0.25) is 0 Å². The molecule has 0 fully saturated rings. The average molecular weight is 236 g/mol. The first-order chi connectivity index (χ1) is 7.29. The van der Waals surface area contributed by atoms with E-state index in [0.717, 1.165) is 32.0 Å². The van der Waals surface area contributed by atoms with E-state index in [4.69, 9.17) is 16.3 Å². The summed E-state index contributed by atoms with van der Waals surface area (Å²) in [6.45, 7) is 7.55. The second-order valence-electron chi connectivity index (χ2n) is 3.90. The third kappa shape index (κ3) is 7.15. The maximum absolute atomic E-state index is 5.83. The SMILES string of the molecule is CCC(CC)N(CCCl)CCCCOC. The summed E-state index contributed by atoms with van der Waals surface area (Å²) in [7, 11) is 1.76. The highest BCUT2D eigenvalue weighted by atomic mass is 35.5. The lowest BCUT2D eigenvalue weighted by molar-refractivity contribution is 0.166. The van der Waals surface area contributed by atoms with E-state index in [1.54, 1.807) is 7.11 Å². The molecule has 0 unspecified atom stereocenters. The van der Waals surface area contributed by atoms with E-state index >= 15 is 0 Å². The van der Waals surface area contributed by atoms with Crippen LogP contribution in [0.4, 0.5) is 0 Å². The van der Waals surface area contributed by atoms with Gasteiger partial charge in [-0.2, -0.15) is 0 Å². The van der Waals surface area contributed by atoms with Gasteiger partial charge in [0.25, 0.3) is 0 Å². The van der Waals surface area contributed by atoms with Crippen LogP contribution in [0.25, 0.3) is 0 Å². The molecule has 0 saturated heterocycles. The molecule has 92 valence electrons. The Morgan fingerprint density at radius 1 is 1.13 bits per heavy atom. The fourth-order valence-corrected chi connectivity index (χ4v) is 2.17. The Morgan fingerprint density at radius 2 is 1.80 bits per heavy atom. The quantitative estimate of drug-likeness (QED) is 0.426. The number of methoxy groups -OCH3 is 1. The van der Waals surface area contributed by atoms with E-state index in [0.29, 0.717) is 6.04 Å². The number of hydrogen-bond donors (Lipinski definition) is 0. The summed E-state index contributed by atoms with van der Waals surface area (Å²) >= 11 is 5.83. The van der Waals surface area contributed by atoms with Crippen LogP contribution >= 0.6 is 11.6 Å². The second-order valence-corrected chi connectivity index (χ2v) is 4.27. The Bertz CT molecular complexity index is 129. The van der Waals surface area contributed by atoms with Gasteiger partial charge in [-0.3, -0.25) is 4.90 Å². The summed E-state index contributed by atoms with van der Waals surface area (Å²) in [6.07, 6.45) is 4.80. The van der Waals surface area contributed by atoms with Crippen molar-refractivity contribution in [3.63, 3.8) is 0 Å². The molecule has 0 bridgehead atoms. The van der Waals surface area contributed by atoms with E-state index in [1.165, 1.54) is 19.3 Å². The molecule has 0 aliphatic heterocycles. The molecule has 0 aromatic carbocycles. The monoisotopic (exact) mass is 235 g/mol. The topological polar surface area (TPSA) is 12.5 Å². The Hall–Kier alpha value is 0.210. The summed E-state index contributed by atoms with van der Waals surface area (Å²) in [5.41, 5.74) is 0. The molecule has 0 rings (SSSR count). The van der Waals surface area contributed by atoms with Gasteiger partial charge in [-0.1, -0.05) is 13.8 Å². The lowest BCUT2D eigenvalue weighted by Gasteiger charge is -2.29. The van der Waals surface area contributed by atoms with Crippen molar-refractivity contribution in [3.05, 3.63) is 0 Å². The van der Waals surface area contributed by atoms with Crippen LogP contribution < -0.4 is 0 Å². The summed E-state index contributed by atoms with van der Waals surface area (Å²) in [6, 6.07) is 0.700. The third-order valence-corrected chi connectivity index (χ3v) is 3.04. The molecule has 0 saturated carbocycles. The molecular weight excluding hydrogens is 210 g/mol. The highest BCUT2D eigenvalue weighted by Crippen LogP contribution is 2.10. The minimum Gasteiger partial charge on any atom is -0.385 e. The van der Waals surface area contributed by atoms with Gasteiger partial charge < -0.3 is 4.74 Å². The first-order valence-corrected chi connectivity index (χ1v) is 6.62. The van der Waals surface area contributed by atoms with Crippen LogP contribution in [-0.2, 0) is 4.74 Å². The van der Waals surface area contributed by atoms with Gasteiger partial charge in [0.05, 0.1) is 0 Å². The minimum atomic E-state index is 0.700. The zero-order chi connectivity index (χ0) is 11.5. The number of alkyl halides is 1. The number of hydrogen-bond acceptors (Lipinski definition) is 2. The molecular formula is C12H26ClNO. The molecule has 0 N–H and O–H groups in total. The molecule has 0 aliphatic carbocycles. The van der Waals surface area contributed by atoms with E-state index in [2.05, 4.69) is 18.7 Å². The molecule has 0 aromatic heterocycles. The number of ether oxygens (including phenoxy) is 1. The molecule has 0 aromatic rings. The van der Waals surface area contributed by atoms with E-state index < -0.39 is 0 Å². The Kier molecular flexibility index (Phi) is 10.9. The number of halogens is 1. The summed E-state index contributed by atoms with van der Waals surface area (Å²) in [4.78, 5) is 2.52. The van der Waals surface area contributed by atoms with Crippen LogP contribution in [-0.4, -0.2) is 43.6 Å². The lowest BCUT2D eigenvalue weighted by Crippen LogP contribution is -2.36. The maximum atomic E-state index is 5.83. The standard InChI is InChI=1S/C12H26ClNO/c1-4-12(5-2)14(10-8-13)9-6-7-11-15-3/h12H,4-11H2,1-3H3. The van der Waals surface area contributed by atoms with Gasteiger partial charge in [-0.15, -0.1) is 11.6 Å². The van der Waals surface area contributed by atoms with Crippen molar-refractivity contribution in [2.45, 2.75) is 45.6 Å². The summed E-state index contributed by atoms with van der Waals surface area (Å²) < 4.78 is 5.05. The smallest absolute Gasteiger partial charge is 0.0462 e. The Balaban J connectivity index is 3.80. The largest absolute Gasteiger partial charge is 0.385 e. The van der Waals surface area contributed by atoms with Crippen LogP contribution in [0.5, 0.6) is 0 Å². The normalized spacial score (nSPS) is 11.6. The van der Waals surface area contributed by atoms with Crippen molar-refractivity contribution in [2.24, 2.45) is 0 Å². The fraction of sp³-hybridized carbons (Fsp3) is 1.00. The second kappa shape index (κ2) is 10.7. The zero-order valence-corrected chi connectivity index (χ0v) is 11.2. The van der Waals surface area contributed by atoms with Crippen molar-refractivity contribution in [1.29, 1.82) is 0 Å². The molecule has 15 heavy (non-hydrogen) atoms. The Labute approximate surface area is 99.9 Å². The number of nitrogens with zero attached hydrogens (tertiary/aromatic N) is 1. The number of rotatable bonds is 10. The van der Waals surface area contributed by atoms with Crippen LogP contribution in [0.1, 0.15) is 39.5 Å². The highest BCUT2D eigenvalue weighted by Gasteiger charge is 2.13. The molecule has 0 radical (unpaired) electrons. The van der Waals surface area contributed by atoms with Crippen molar-refractivity contribution >= 4 is 11.6 Å². The first kappa shape index (κ1) is 15.2. The van der Waals surface area contributed by atoms with Crippen LogP contribution in [0.15, 0.2) is 0 Å². The summed E-state index contributed by atoms with van der Waals surface area (Å²) in [5, 5.41) is 0. The average Bonchev–Trinajstić information content (AvgIpc) is 2.26. The van der Waals surface area contributed by atoms with Gasteiger partial charge in [-0.05, 0) is 32.2 Å². The molecule has 3 heteroatoms. The molecule has 0 atom stereocenters. The van der Waals surface area contributed by atoms with Crippen molar-refractivity contribution in [3.8, 4) is 0 Å². The van der Waals surface area contributed by atoms with E-state index in [9.17, 15) is 0 Å². The van der Waals surface area contributed by atoms with Gasteiger partial charge in [0.2, 0.25) is 0 Å². The fourth-order valence-electron chi connectivity index (χ4n) is 1.95. The number of unbranched alkanes of at least 4 members (excludes halogenated alkanes) is 1. The maximum Gasteiger partial charge on any atom is 0.0462 e. The van der Waals surface area contributed by atoms with Crippen molar-refractivity contribution in [1.82, 2.24) is 4.90 Å². The van der Waals surface area contributed by atoms with Gasteiger partial charge in [0.15, 0.2) is 0 Å². The molecule has 0 amide bonds. The van der Waals surface area contributed by atoms with Crippen molar-refractivity contribution in [2.75, 3.05) is 32.7 Å². The predicted octanol–water partition coefficient (Wildman–Crippen LogP) is 3.14. The van der Waals surface area contributed by atoms with Gasteiger partial charge >= 0.3 is 0 Å². The van der Waals surface area contributed by atoms with Crippen molar-refractivity contribution < 1.29 is 4.74 Å². The molecule has 0 heterocycles. The van der Waals surface area contributed by atoms with Gasteiger partial charge in [-0.25, -0.2) is 0 Å². The molecule has 0 spiro atoms. The minimum absolute atomic E-state index is 0.700. The summed E-state index contributed by atoms with van der Waals surface area (Å²) in [5.74, 6) is 0.737. The molecule has 2 nitrogen and oxygen atoms in total. The first-order valence-electron chi connectivity index (χ1n) is 6.09. The Morgan fingerprint density at radius 3 is 2.27 bits per heavy atom. The van der Waals surface area contributed by atoms with Gasteiger partial charge in [0, 0.05) is 32.2 Å². The lowest BCUT2D eigenvalue weighted by atomic mass is 10.1. The van der Waals surface area contributed by atoms with E-state index in [-0.39, 0.29) is 0 Å². The van der Waals surface area contributed by atoms with Gasteiger partial charge in [0.1, 0.15) is 0 Å². The van der Waals surface area contributed by atoms with Crippen LogP contribution in [0.3, 0.4) is 0 Å².